The topological polar surface area (TPSA) is 0 Å². The van der Waals surface area contributed by atoms with Crippen molar-refractivity contribution in [1.29, 1.82) is 0 Å². The van der Waals surface area contributed by atoms with Gasteiger partial charge in [-0.05, 0) is 38.0 Å². The summed E-state index contributed by atoms with van der Waals surface area (Å²) in [5, 5.41) is 0. The molecule has 16 heavy (non-hydrogen) atoms. The van der Waals surface area contributed by atoms with E-state index in [1.807, 2.05) is 0 Å². The zero-order valence-corrected chi connectivity index (χ0v) is 16.8. The molecule has 0 saturated heterocycles. The molecule has 0 radical (unpaired) electrons. The standard InChI is InChI=1S/C13H23I3/c1-13(2,16)8-7-11(14)9-10-5-3-4-6-12(10)15/h10-12H,3-9H2,1-2H3. The van der Waals surface area contributed by atoms with E-state index in [9.17, 15) is 0 Å². The predicted octanol–water partition coefficient (Wildman–Crippen LogP) is 6.17. The lowest BCUT2D eigenvalue weighted by Gasteiger charge is -2.29. The second-order valence-corrected chi connectivity index (χ2v) is 11.9. The summed E-state index contributed by atoms with van der Waals surface area (Å²) in [6, 6.07) is 0. The van der Waals surface area contributed by atoms with Crippen LogP contribution in [0, 0.1) is 5.92 Å². The van der Waals surface area contributed by atoms with Crippen LogP contribution in [-0.4, -0.2) is 11.3 Å². The van der Waals surface area contributed by atoms with Gasteiger partial charge in [0, 0.05) is 11.3 Å². The highest BCUT2D eigenvalue weighted by molar-refractivity contribution is 14.1. The molecule has 0 N–H and O–H groups in total. The molecule has 0 aromatic rings. The zero-order valence-electron chi connectivity index (χ0n) is 10.3. The molecule has 1 rings (SSSR count). The third kappa shape index (κ3) is 6.95. The third-order valence-electron chi connectivity index (χ3n) is 3.43. The Kier molecular flexibility index (Phi) is 7.82. The average Bonchev–Trinajstić information content (AvgIpc) is 2.18. The van der Waals surface area contributed by atoms with Crippen LogP contribution in [0.4, 0.5) is 0 Å². The van der Waals surface area contributed by atoms with E-state index in [0.717, 1.165) is 13.8 Å². The number of hydrogen-bond acceptors (Lipinski definition) is 0. The molecular weight excluding hydrogens is 537 g/mol. The molecule has 3 atom stereocenters. The number of alkyl halides is 3. The van der Waals surface area contributed by atoms with Crippen molar-refractivity contribution in [3.05, 3.63) is 0 Å². The van der Waals surface area contributed by atoms with Crippen molar-refractivity contribution in [3.63, 3.8) is 0 Å². The van der Waals surface area contributed by atoms with Gasteiger partial charge in [-0.2, -0.15) is 0 Å². The molecule has 3 heteroatoms. The Balaban J connectivity index is 2.24. The van der Waals surface area contributed by atoms with Crippen LogP contribution in [0.3, 0.4) is 0 Å². The molecule has 3 unspecified atom stereocenters. The number of halogens is 3. The fraction of sp³-hybridized carbons (Fsp3) is 1.00. The minimum atomic E-state index is 0.484. The predicted molar refractivity (Wildman–Crippen MR) is 99.5 cm³/mol. The largest absolute Gasteiger partial charge is 0.0826 e. The molecule has 0 nitrogen and oxygen atoms in total. The summed E-state index contributed by atoms with van der Waals surface area (Å²) in [5.74, 6) is 1.01. The monoisotopic (exact) mass is 560 g/mol. The van der Waals surface area contributed by atoms with Crippen LogP contribution in [0.2, 0.25) is 0 Å². The van der Waals surface area contributed by atoms with Crippen LogP contribution in [0.15, 0.2) is 0 Å². The van der Waals surface area contributed by atoms with Crippen molar-refractivity contribution >= 4 is 67.8 Å². The van der Waals surface area contributed by atoms with Crippen LogP contribution in [0.1, 0.15) is 58.8 Å². The van der Waals surface area contributed by atoms with Crippen molar-refractivity contribution in [2.24, 2.45) is 5.92 Å². The first kappa shape index (κ1) is 16.2. The molecule has 96 valence electrons. The minimum absolute atomic E-state index is 0.484. The highest BCUT2D eigenvalue weighted by Gasteiger charge is 2.25. The third-order valence-corrected chi connectivity index (χ3v) is 6.74. The van der Waals surface area contributed by atoms with Crippen LogP contribution < -0.4 is 0 Å². The summed E-state index contributed by atoms with van der Waals surface area (Å²) in [6.45, 7) is 4.69. The molecule has 0 aromatic heterocycles. The molecule has 1 aliphatic carbocycles. The van der Waals surface area contributed by atoms with E-state index >= 15 is 0 Å². The van der Waals surface area contributed by atoms with Gasteiger partial charge in [0.25, 0.3) is 0 Å². The van der Waals surface area contributed by atoms with E-state index < -0.39 is 0 Å². The van der Waals surface area contributed by atoms with Gasteiger partial charge >= 0.3 is 0 Å². The van der Waals surface area contributed by atoms with Crippen molar-refractivity contribution in [2.75, 3.05) is 0 Å². The Morgan fingerprint density at radius 3 is 2.44 bits per heavy atom. The van der Waals surface area contributed by atoms with E-state index in [0.29, 0.717) is 3.42 Å². The second-order valence-electron chi connectivity index (χ2n) is 5.65. The molecule has 0 bridgehead atoms. The van der Waals surface area contributed by atoms with Crippen LogP contribution in [-0.2, 0) is 0 Å². The van der Waals surface area contributed by atoms with Gasteiger partial charge in [-0.3, -0.25) is 0 Å². The Morgan fingerprint density at radius 2 is 1.88 bits per heavy atom. The van der Waals surface area contributed by atoms with E-state index in [-0.39, 0.29) is 0 Å². The fourth-order valence-electron chi connectivity index (χ4n) is 2.37. The summed E-state index contributed by atoms with van der Waals surface area (Å²) >= 11 is 7.96. The molecule has 1 fully saturated rings. The maximum absolute atomic E-state index is 2.69. The van der Waals surface area contributed by atoms with Gasteiger partial charge in [-0.25, -0.2) is 0 Å². The van der Waals surface area contributed by atoms with E-state index in [1.165, 1.54) is 44.9 Å². The van der Waals surface area contributed by atoms with Gasteiger partial charge in [0.15, 0.2) is 0 Å². The van der Waals surface area contributed by atoms with Gasteiger partial charge in [-0.1, -0.05) is 94.5 Å². The van der Waals surface area contributed by atoms with Gasteiger partial charge in [0.05, 0.1) is 0 Å². The summed E-state index contributed by atoms with van der Waals surface area (Å²) in [5.41, 5.74) is 0. The maximum atomic E-state index is 2.69. The Bertz CT molecular complexity index is 198. The van der Waals surface area contributed by atoms with Crippen LogP contribution in [0.5, 0.6) is 0 Å². The summed E-state index contributed by atoms with van der Waals surface area (Å²) < 4.78 is 2.33. The highest BCUT2D eigenvalue weighted by Crippen LogP contribution is 2.36. The molecule has 0 aromatic carbocycles. The first-order valence-electron chi connectivity index (χ1n) is 6.35. The maximum Gasteiger partial charge on any atom is 0.0166 e. The lowest BCUT2D eigenvalue weighted by atomic mass is 9.85. The van der Waals surface area contributed by atoms with Crippen molar-refractivity contribution in [1.82, 2.24) is 0 Å². The first-order chi connectivity index (χ1) is 7.38. The molecule has 0 spiro atoms. The Morgan fingerprint density at radius 1 is 1.25 bits per heavy atom. The van der Waals surface area contributed by atoms with Crippen LogP contribution in [0.25, 0.3) is 0 Å². The molecule has 0 amide bonds. The van der Waals surface area contributed by atoms with Crippen molar-refractivity contribution in [3.8, 4) is 0 Å². The zero-order chi connectivity index (χ0) is 12.2. The Labute approximate surface area is 142 Å². The number of hydrogen-bond donors (Lipinski definition) is 0. The summed E-state index contributed by atoms with van der Waals surface area (Å²) in [6.07, 6.45) is 10.1. The molecule has 0 aliphatic heterocycles. The summed E-state index contributed by atoms with van der Waals surface area (Å²) in [4.78, 5) is 0. The van der Waals surface area contributed by atoms with Crippen molar-refractivity contribution < 1.29 is 0 Å². The van der Waals surface area contributed by atoms with E-state index in [2.05, 4.69) is 81.6 Å². The van der Waals surface area contributed by atoms with Crippen molar-refractivity contribution in [2.45, 2.75) is 70.1 Å². The van der Waals surface area contributed by atoms with Gasteiger partial charge in [-0.15, -0.1) is 0 Å². The van der Waals surface area contributed by atoms with Gasteiger partial charge in [0.2, 0.25) is 0 Å². The SMILES string of the molecule is CC(C)(I)CCC(I)CC1CCCCC1I. The van der Waals surface area contributed by atoms with Crippen LogP contribution >= 0.6 is 67.8 Å². The van der Waals surface area contributed by atoms with E-state index in [1.54, 1.807) is 0 Å². The quantitative estimate of drug-likeness (QED) is 0.279. The molecule has 1 saturated carbocycles. The average molecular weight is 560 g/mol. The van der Waals surface area contributed by atoms with Gasteiger partial charge in [0.1, 0.15) is 0 Å². The van der Waals surface area contributed by atoms with Gasteiger partial charge < -0.3 is 0 Å². The number of rotatable bonds is 5. The second kappa shape index (κ2) is 7.70. The fourth-order valence-corrected chi connectivity index (χ4v) is 4.74. The molecular formula is C13H23I3. The lowest BCUT2D eigenvalue weighted by molar-refractivity contribution is 0.355. The first-order valence-corrected chi connectivity index (χ1v) is 9.92. The van der Waals surface area contributed by atoms with E-state index in [4.69, 9.17) is 0 Å². The normalized spacial score (nSPS) is 29.1. The molecule has 1 aliphatic rings. The smallest absolute Gasteiger partial charge is 0.0166 e. The molecule has 0 heterocycles. The summed E-state index contributed by atoms with van der Waals surface area (Å²) in [7, 11) is 0. The highest BCUT2D eigenvalue weighted by atomic mass is 127. The Hall–Kier alpha value is 2.19. The minimum Gasteiger partial charge on any atom is -0.0826 e. The lowest BCUT2D eigenvalue weighted by Crippen LogP contribution is -2.23.